The van der Waals surface area contributed by atoms with Gasteiger partial charge in [0.25, 0.3) is 0 Å². The van der Waals surface area contributed by atoms with Crippen LogP contribution in [0.4, 0.5) is 0 Å². The maximum atomic E-state index is 12.6. The van der Waals surface area contributed by atoms with E-state index in [1.165, 1.54) is 5.56 Å². The van der Waals surface area contributed by atoms with Crippen molar-refractivity contribution < 1.29 is 9.53 Å². The van der Waals surface area contributed by atoms with Crippen LogP contribution in [0.15, 0.2) is 18.2 Å². The van der Waals surface area contributed by atoms with Crippen LogP contribution in [-0.4, -0.2) is 35.3 Å². The number of nitrogens with zero attached hydrogens (tertiary/aromatic N) is 1. The molecule has 0 fully saturated rings. The van der Waals surface area contributed by atoms with Gasteiger partial charge in [-0.15, -0.1) is 11.8 Å². The van der Waals surface area contributed by atoms with Crippen molar-refractivity contribution in [3.05, 3.63) is 29.3 Å². The minimum Gasteiger partial charge on any atom is -0.496 e. The van der Waals surface area contributed by atoms with Gasteiger partial charge in [0.05, 0.1) is 12.4 Å². The third-order valence-corrected chi connectivity index (χ3v) is 4.82. The van der Waals surface area contributed by atoms with Crippen molar-refractivity contribution in [2.75, 3.05) is 7.11 Å². The largest absolute Gasteiger partial charge is 0.496 e. The zero-order valence-corrected chi connectivity index (χ0v) is 15.7. The zero-order valence-electron chi connectivity index (χ0n) is 14.8. The third kappa shape index (κ3) is 4.94. The molecule has 3 nitrogen and oxygen atoms in total. The molecule has 124 valence electrons. The molecule has 0 aliphatic rings. The molecule has 0 aliphatic heterocycles. The molecular weight excluding hydrogens is 294 g/mol. The topological polar surface area (TPSA) is 29.5 Å². The molecule has 0 N–H and O–H groups in total. The van der Waals surface area contributed by atoms with E-state index in [4.69, 9.17) is 4.74 Å². The predicted molar refractivity (Wildman–Crippen MR) is 95.6 cm³/mol. The van der Waals surface area contributed by atoms with Gasteiger partial charge in [0, 0.05) is 23.4 Å². The number of amides is 1. The van der Waals surface area contributed by atoms with Crippen LogP contribution in [0.5, 0.6) is 5.75 Å². The second-order valence-electron chi connectivity index (χ2n) is 6.20. The van der Waals surface area contributed by atoms with Crippen molar-refractivity contribution in [3.8, 4) is 5.75 Å². The molecule has 0 heterocycles. The van der Waals surface area contributed by atoms with Crippen molar-refractivity contribution in [2.24, 2.45) is 0 Å². The highest BCUT2D eigenvalue weighted by molar-refractivity contribution is 7.99. The number of rotatable bonds is 7. The van der Waals surface area contributed by atoms with Gasteiger partial charge in [0.15, 0.2) is 0 Å². The number of carbonyl (C=O) groups excluding carboxylic acids is 1. The van der Waals surface area contributed by atoms with Crippen LogP contribution in [0.2, 0.25) is 0 Å². The summed E-state index contributed by atoms with van der Waals surface area (Å²) in [5.74, 6) is 1.88. The molecule has 1 rings (SSSR count). The van der Waals surface area contributed by atoms with E-state index in [0.29, 0.717) is 0 Å². The van der Waals surface area contributed by atoms with E-state index in [2.05, 4.69) is 40.7 Å². The maximum Gasteiger partial charge on any atom is 0.235 e. The van der Waals surface area contributed by atoms with Crippen molar-refractivity contribution in [3.63, 3.8) is 0 Å². The molecule has 0 saturated heterocycles. The minimum atomic E-state index is -0.0602. The number of methoxy groups -OCH3 is 1. The standard InChI is InChI=1S/C18H29NO2S/c1-12(2)19(13(3)4)18(20)15(6)22-11-16-10-14(5)8-9-17(16)21-7/h8-10,12-13,15H,11H2,1-7H3. The number of benzene rings is 1. The number of ether oxygens (including phenoxy) is 1. The first-order valence-corrected chi connectivity index (χ1v) is 8.90. The van der Waals surface area contributed by atoms with Crippen LogP contribution in [0.1, 0.15) is 45.7 Å². The molecule has 1 aromatic carbocycles. The summed E-state index contributed by atoms with van der Waals surface area (Å²) in [4.78, 5) is 14.6. The number of carbonyl (C=O) groups is 1. The maximum absolute atomic E-state index is 12.6. The quantitative estimate of drug-likeness (QED) is 0.750. The molecule has 1 amide bonds. The highest BCUT2D eigenvalue weighted by Crippen LogP contribution is 2.27. The second kappa shape index (κ2) is 8.47. The Morgan fingerprint density at radius 3 is 2.27 bits per heavy atom. The smallest absolute Gasteiger partial charge is 0.235 e. The Balaban J connectivity index is 2.75. The van der Waals surface area contributed by atoms with Gasteiger partial charge in [-0.1, -0.05) is 17.7 Å². The first-order chi connectivity index (χ1) is 10.3. The first-order valence-electron chi connectivity index (χ1n) is 7.85. The lowest BCUT2D eigenvalue weighted by Gasteiger charge is -2.33. The Morgan fingerprint density at radius 2 is 1.77 bits per heavy atom. The van der Waals surface area contributed by atoms with Gasteiger partial charge in [-0.25, -0.2) is 0 Å². The Labute approximate surface area is 139 Å². The monoisotopic (exact) mass is 323 g/mol. The van der Waals surface area contributed by atoms with E-state index in [9.17, 15) is 4.79 Å². The summed E-state index contributed by atoms with van der Waals surface area (Å²) in [7, 11) is 1.69. The van der Waals surface area contributed by atoms with Crippen LogP contribution in [0.25, 0.3) is 0 Å². The van der Waals surface area contributed by atoms with E-state index in [1.54, 1.807) is 18.9 Å². The van der Waals surface area contributed by atoms with Crippen molar-refractivity contribution in [1.82, 2.24) is 4.90 Å². The molecule has 1 unspecified atom stereocenters. The summed E-state index contributed by atoms with van der Waals surface area (Å²) in [5, 5.41) is -0.0602. The van der Waals surface area contributed by atoms with Crippen LogP contribution >= 0.6 is 11.8 Å². The molecule has 1 atom stereocenters. The SMILES string of the molecule is COc1ccc(C)cc1CSC(C)C(=O)N(C(C)C)C(C)C. The van der Waals surface area contributed by atoms with Gasteiger partial charge in [-0.2, -0.15) is 0 Å². The van der Waals surface area contributed by atoms with E-state index < -0.39 is 0 Å². The molecule has 1 aromatic rings. The van der Waals surface area contributed by atoms with Crippen LogP contribution < -0.4 is 4.74 Å². The Kier molecular flexibility index (Phi) is 7.27. The van der Waals surface area contributed by atoms with Gasteiger partial charge >= 0.3 is 0 Å². The molecule has 0 bridgehead atoms. The summed E-state index contributed by atoms with van der Waals surface area (Å²) in [6.07, 6.45) is 0. The van der Waals surface area contributed by atoms with Gasteiger partial charge in [-0.3, -0.25) is 4.79 Å². The van der Waals surface area contributed by atoms with Crippen LogP contribution in [-0.2, 0) is 10.5 Å². The summed E-state index contributed by atoms with van der Waals surface area (Å²) in [5.41, 5.74) is 2.36. The van der Waals surface area contributed by atoms with E-state index in [1.807, 2.05) is 24.0 Å². The van der Waals surface area contributed by atoms with Gasteiger partial charge < -0.3 is 9.64 Å². The fraction of sp³-hybridized carbons (Fsp3) is 0.611. The van der Waals surface area contributed by atoms with Gasteiger partial charge in [0.2, 0.25) is 5.91 Å². The molecule has 0 spiro atoms. The lowest BCUT2D eigenvalue weighted by atomic mass is 10.1. The zero-order chi connectivity index (χ0) is 16.9. The highest BCUT2D eigenvalue weighted by Gasteiger charge is 2.25. The number of hydrogen-bond acceptors (Lipinski definition) is 3. The lowest BCUT2D eigenvalue weighted by Crippen LogP contribution is -2.45. The Morgan fingerprint density at radius 1 is 1.18 bits per heavy atom. The molecule has 4 heteroatoms. The fourth-order valence-electron chi connectivity index (χ4n) is 2.62. The summed E-state index contributed by atoms with van der Waals surface area (Å²) >= 11 is 1.67. The normalized spacial score (nSPS) is 12.6. The van der Waals surface area contributed by atoms with Crippen molar-refractivity contribution >= 4 is 17.7 Å². The highest BCUT2D eigenvalue weighted by atomic mass is 32.2. The van der Waals surface area contributed by atoms with Crippen LogP contribution in [0, 0.1) is 6.92 Å². The predicted octanol–water partition coefficient (Wildman–Crippen LogP) is 4.27. The molecule has 0 saturated carbocycles. The Hall–Kier alpha value is -1.16. The second-order valence-corrected chi connectivity index (χ2v) is 7.53. The molecule has 22 heavy (non-hydrogen) atoms. The molecular formula is C18H29NO2S. The molecule has 0 radical (unpaired) electrons. The minimum absolute atomic E-state index is 0.0602. The molecule has 0 aromatic heterocycles. The number of aryl methyl sites for hydroxylation is 1. The molecule has 0 aliphatic carbocycles. The Bertz CT molecular complexity index is 492. The van der Waals surface area contributed by atoms with Crippen LogP contribution in [0.3, 0.4) is 0 Å². The number of hydrogen-bond donors (Lipinski definition) is 0. The first kappa shape index (κ1) is 18.9. The average Bonchev–Trinajstić information content (AvgIpc) is 2.43. The van der Waals surface area contributed by atoms with Gasteiger partial charge in [-0.05, 0) is 47.6 Å². The van der Waals surface area contributed by atoms with E-state index in [-0.39, 0.29) is 23.2 Å². The van der Waals surface area contributed by atoms with E-state index in [0.717, 1.165) is 17.1 Å². The average molecular weight is 324 g/mol. The summed E-state index contributed by atoms with van der Waals surface area (Å²) in [6.45, 7) is 12.3. The van der Waals surface area contributed by atoms with E-state index >= 15 is 0 Å². The van der Waals surface area contributed by atoms with Crippen molar-refractivity contribution in [1.29, 1.82) is 0 Å². The number of thioether (sulfide) groups is 1. The van der Waals surface area contributed by atoms with Crippen molar-refractivity contribution in [2.45, 2.75) is 64.6 Å². The summed E-state index contributed by atoms with van der Waals surface area (Å²) in [6, 6.07) is 6.62. The lowest BCUT2D eigenvalue weighted by molar-refractivity contribution is -0.133. The fourth-order valence-corrected chi connectivity index (χ4v) is 3.54. The summed E-state index contributed by atoms with van der Waals surface area (Å²) < 4.78 is 5.41. The third-order valence-electron chi connectivity index (χ3n) is 3.64. The van der Waals surface area contributed by atoms with Gasteiger partial charge in [0.1, 0.15) is 5.75 Å².